The van der Waals surface area contributed by atoms with E-state index < -0.39 is 23.8 Å². The lowest BCUT2D eigenvalue weighted by Crippen LogP contribution is -2.41. The van der Waals surface area contributed by atoms with Crippen LogP contribution in [0.15, 0.2) is 12.3 Å². The van der Waals surface area contributed by atoms with Gasteiger partial charge in [-0.2, -0.15) is 0 Å². The lowest BCUT2D eigenvalue weighted by molar-refractivity contribution is -0.139. The molecule has 0 aliphatic rings. The van der Waals surface area contributed by atoms with Gasteiger partial charge in [-0.25, -0.2) is 9.78 Å². The lowest BCUT2D eigenvalue weighted by Gasteiger charge is -2.14. The molecule has 0 unspecified atom stereocenters. The summed E-state index contributed by atoms with van der Waals surface area (Å²) in [6.07, 6.45) is 0.896. The number of aromatic nitrogens is 1. The molecule has 1 aromatic rings. The summed E-state index contributed by atoms with van der Waals surface area (Å²) in [6.45, 7) is 0. The van der Waals surface area contributed by atoms with E-state index in [4.69, 9.17) is 34.0 Å². The topological polar surface area (TPSA) is 122 Å². The van der Waals surface area contributed by atoms with Gasteiger partial charge in [0.05, 0.1) is 10.6 Å². The number of carboxylic acids is 1. The first-order valence-corrected chi connectivity index (χ1v) is 6.20. The third kappa shape index (κ3) is 4.67. The zero-order valence-electron chi connectivity index (χ0n) is 10.1. The van der Waals surface area contributed by atoms with Gasteiger partial charge in [0.1, 0.15) is 11.2 Å². The SMILES string of the molecule is NC(=O)CC[C@H](NC(=O)c1cc(Cl)ncc1Cl)C(=O)O. The van der Waals surface area contributed by atoms with E-state index in [9.17, 15) is 14.4 Å². The van der Waals surface area contributed by atoms with Crippen LogP contribution in [0, 0.1) is 0 Å². The van der Waals surface area contributed by atoms with Crippen LogP contribution in [0.1, 0.15) is 23.2 Å². The fourth-order valence-electron chi connectivity index (χ4n) is 1.37. The molecular weight excluding hydrogens is 309 g/mol. The molecule has 0 bridgehead atoms. The Hall–Kier alpha value is -1.86. The number of hydrogen-bond donors (Lipinski definition) is 3. The molecule has 0 aliphatic heterocycles. The molecule has 0 saturated heterocycles. The first-order chi connectivity index (χ1) is 9.31. The molecule has 1 rings (SSSR count). The molecule has 2 amide bonds. The van der Waals surface area contributed by atoms with Crippen molar-refractivity contribution in [1.82, 2.24) is 10.3 Å². The summed E-state index contributed by atoms with van der Waals surface area (Å²) in [7, 11) is 0. The van der Waals surface area contributed by atoms with E-state index in [1.807, 2.05) is 0 Å². The van der Waals surface area contributed by atoms with Gasteiger partial charge in [0.25, 0.3) is 5.91 Å². The van der Waals surface area contributed by atoms with Crippen LogP contribution in [0.25, 0.3) is 0 Å². The maximum atomic E-state index is 11.9. The number of primary amides is 1. The summed E-state index contributed by atoms with van der Waals surface area (Å²) in [6, 6.07) is -0.0373. The number of carbonyl (C=O) groups excluding carboxylic acids is 2. The maximum absolute atomic E-state index is 11.9. The van der Waals surface area contributed by atoms with E-state index in [-0.39, 0.29) is 28.6 Å². The largest absolute Gasteiger partial charge is 0.480 e. The maximum Gasteiger partial charge on any atom is 0.326 e. The summed E-state index contributed by atoms with van der Waals surface area (Å²) in [5.74, 6) is -2.66. The fraction of sp³-hybridized carbons (Fsp3) is 0.273. The molecule has 0 fully saturated rings. The predicted molar refractivity (Wildman–Crippen MR) is 71.6 cm³/mol. The van der Waals surface area contributed by atoms with E-state index in [2.05, 4.69) is 10.3 Å². The molecule has 0 spiro atoms. The number of aliphatic carboxylic acids is 1. The minimum atomic E-state index is -1.28. The van der Waals surface area contributed by atoms with Crippen molar-refractivity contribution >= 4 is 41.0 Å². The van der Waals surface area contributed by atoms with Crippen LogP contribution in [-0.2, 0) is 9.59 Å². The number of amides is 2. The summed E-state index contributed by atoms with van der Waals surface area (Å²) in [5, 5.41) is 11.3. The van der Waals surface area contributed by atoms with Gasteiger partial charge < -0.3 is 16.2 Å². The molecule has 4 N–H and O–H groups in total. The highest BCUT2D eigenvalue weighted by Gasteiger charge is 2.22. The second-order valence-corrected chi connectivity index (χ2v) is 4.65. The number of nitrogens with two attached hydrogens (primary N) is 1. The third-order valence-electron chi connectivity index (χ3n) is 2.35. The zero-order valence-corrected chi connectivity index (χ0v) is 11.6. The summed E-state index contributed by atoms with van der Waals surface area (Å²) < 4.78 is 0. The number of carbonyl (C=O) groups is 3. The zero-order chi connectivity index (χ0) is 15.3. The lowest BCUT2D eigenvalue weighted by atomic mass is 10.1. The summed E-state index contributed by atoms with van der Waals surface area (Å²) in [4.78, 5) is 37.2. The molecule has 1 atom stereocenters. The van der Waals surface area contributed by atoms with Crippen LogP contribution in [-0.4, -0.2) is 33.9 Å². The van der Waals surface area contributed by atoms with Crippen LogP contribution in [0.4, 0.5) is 0 Å². The summed E-state index contributed by atoms with van der Waals surface area (Å²) in [5.41, 5.74) is 4.93. The molecule has 108 valence electrons. The van der Waals surface area contributed by atoms with Crippen molar-refractivity contribution in [2.45, 2.75) is 18.9 Å². The molecule has 20 heavy (non-hydrogen) atoms. The Kier molecular flexibility index (Phi) is 5.72. The van der Waals surface area contributed by atoms with Crippen molar-refractivity contribution in [3.05, 3.63) is 28.0 Å². The van der Waals surface area contributed by atoms with E-state index in [1.165, 1.54) is 12.3 Å². The van der Waals surface area contributed by atoms with Crippen molar-refractivity contribution in [1.29, 1.82) is 0 Å². The van der Waals surface area contributed by atoms with Crippen LogP contribution >= 0.6 is 23.2 Å². The number of nitrogens with one attached hydrogen (secondary N) is 1. The minimum Gasteiger partial charge on any atom is -0.480 e. The normalized spacial score (nSPS) is 11.7. The molecule has 0 aliphatic carbocycles. The third-order valence-corrected chi connectivity index (χ3v) is 2.86. The first-order valence-electron chi connectivity index (χ1n) is 5.44. The Morgan fingerprint density at radius 3 is 2.60 bits per heavy atom. The molecule has 0 radical (unpaired) electrons. The average Bonchev–Trinajstić information content (AvgIpc) is 2.36. The monoisotopic (exact) mass is 319 g/mol. The number of carboxylic acid groups (broad SMARTS) is 1. The fourth-order valence-corrected chi connectivity index (χ4v) is 1.71. The van der Waals surface area contributed by atoms with Crippen molar-refractivity contribution in [3.8, 4) is 0 Å². The summed E-state index contributed by atoms with van der Waals surface area (Å²) >= 11 is 11.4. The molecular formula is C11H11Cl2N3O4. The quantitative estimate of drug-likeness (QED) is 0.670. The Labute approximate surface area is 124 Å². The highest BCUT2D eigenvalue weighted by atomic mass is 35.5. The highest BCUT2D eigenvalue weighted by molar-refractivity contribution is 6.35. The standard InChI is InChI=1S/C11H11Cl2N3O4/c12-6-4-15-8(13)3-5(6)10(18)16-7(11(19)20)1-2-9(14)17/h3-4,7H,1-2H2,(H2,14,17)(H,16,18)(H,19,20)/t7-/m0/s1. The molecule has 0 saturated carbocycles. The number of hydrogen-bond acceptors (Lipinski definition) is 4. The van der Waals surface area contributed by atoms with Crippen LogP contribution in [0.3, 0.4) is 0 Å². The van der Waals surface area contributed by atoms with Gasteiger partial charge in [0, 0.05) is 12.6 Å². The predicted octanol–water partition coefficient (Wildman–Crippen LogP) is 0.837. The van der Waals surface area contributed by atoms with Gasteiger partial charge >= 0.3 is 5.97 Å². The van der Waals surface area contributed by atoms with Gasteiger partial charge in [-0.15, -0.1) is 0 Å². The van der Waals surface area contributed by atoms with Crippen molar-refractivity contribution < 1.29 is 19.5 Å². The minimum absolute atomic E-state index is 0.00279. The van der Waals surface area contributed by atoms with Crippen molar-refractivity contribution in [3.63, 3.8) is 0 Å². The van der Waals surface area contributed by atoms with Gasteiger partial charge in [0.15, 0.2) is 0 Å². The van der Waals surface area contributed by atoms with E-state index >= 15 is 0 Å². The van der Waals surface area contributed by atoms with E-state index in [0.29, 0.717) is 0 Å². The van der Waals surface area contributed by atoms with Crippen molar-refractivity contribution in [2.75, 3.05) is 0 Å². The second kappa shape index (κ2) is 7.06. The first kappa shape index (κ1) is 16.2. The van der Waals surface area contributed by atoms with Crippen LogP contribution < -0.4 is 11.1 Å². The number of halogens is 2. The van der Waals surface area contributed by atoms with Crippen LogP contribution in [0.5, 0.6) is 0 Å². The van der Waals surface area contributed by atoms with Gasteiger partial charge in [-0.3, -0.25) is 9.59 Å². The molecule has 0 aromatic carbocycles. The highest BCUT2D eigenvalue weighted by Crippen LogP contribution is 2.18. The van der Waals surface area contributed by atoms with Crippen molar-refractivity contribution in [2.24, 2.45) is 5.73 Å². The van der Waals surface area contributed by atoms with E-state index in [0.717, 1.165) is 0 Å². The number of rotatable bonds is 6. The van der Waals surface area contributed by atoms with Gasteiger partial charge in [0.2, 0.25) is 5.91 Å². The molecule has 1 aromatic heterocycles. The molecule has 9 heteroatoms. The number of pyridine rings is 1. The van der Waals surface area contributed by atoms with Gasteiger partial charge in [-0.05, 0) is 12.5 Å². The molecule has 7 nitrogen and oxygen atoms in total. The molecule has 1 heterocycles. The average molecular weight is 320 g/mol. The Balaban J connectivity index is 2.82. The van der Waals surface area contributed by atoms with E-state index in [1.54, 1.807) is 0 Å². The Morgan fingerprint density at radius 1 is 1.40 bits per heavy atom. The smallest absolute Gasteiger partial charge is 0.326 e. The Morgan fingerprint density at radius 2 is 2.05 bits per heavy atom. The Bertz CT molecular complexity index is 550. The number of nitrogens with zero attached hydrogens (tertiary/aromatic N) is 1. The second-order valence-electron chi connectivity index (χ2n) is 3.86. The van der Waals surface area contributed by atoms with Gasteiger partial charge in [-0.1, -0.05) is 23.2 Å². The van der Waals surface area contributed by atoms with Crippen LogP contribution in [0.2, 0.25) is 10.2 Å².